The van der Waals surface area contributed by atoms with Crippen LogP contribution in [-0.2, 0) is 6.18 Å². The standard InChI is InChI=1S/C17H15F3N4O2/c1-9(10-4-6-11(7-5-10)17(18,19)20)24-15(21)13(16(22)25)14(23-24)12-3-2-8-26-12/h2-9H,21H2,1H3,(H2,22,25). The number of carbonyl (C=O) groups excluding carboxylic acids is 1. The molecule has 0 saturated carbocycles. The van der Waals surface area contributed by atoms with Crippen LogP contribution < -0.4 is 11.5 Å². The van der Waals surface area contributed by atoms with Crippen LogP contribution in [0.1, 0.15) is 34.5 Å². The number of primary amides is 1. The molecule has 0 bridgehead atoms. The highest BCUT2D eigenvalue weighted by molar-refractivity contribution is 6.02. The van der Waals surface area contributed by atoms with Crippen molar-refractivity contribution in [1.29, 1.82) is 0 Å². The molecule has 0 fully saturated rings. The first-order valence-electron chi connectivity index (χ1n) is 7.59. The Morgan fingerprint density at radius 3 is 2.38 bits per heavy atom. The molecule has 6 nitrogen and oxygen atoms in total. The molecule has 0 aliphatic rings. The van der Waals surface area contributed by atoms with Gasteiger partial charge in [0.2, 0.25) is 0 Å². The Hall–Kier alpha value is -3.23. The first-order chi connectivity index (χ1) is 12.2. The molecule has 9 heteroatoms. The van der Waals surface area contributed by atoms with Crippen LogP contribution in [-0.4, -0.2) is 15.7 Å². The zero-order chi connectivity index (χ0) is 19.1. The number of nitrogen functional groups attached to an aromatic ring is 1. The maximum absolute atomic E-state index is 12.7. The fourth-order valence-electron chi connectivity index (χ4n) is 2.66. The monoisotopic (exact) mass is 364 g/mol. The lowest BCUT2D eigenvalue weighted by Gasteiger charge is -2.15. The molecular weight excluding hydrogens is 349 g/mol. The van der Waals surface area contributed by atoms with Crippen molar-refractivity contribution in [1.82, 2.24) is 9.78 Å². The number of alkyl halides is 3. The molecule has 0 aliphatic carbocycles. The number of benzene rings is 1. The summed E-state index contributed by atoms with van der Waals surface area (Å²) in [5, 5.41) is 4.30. The predicted octanol–water partition coefficient (Wildman–Crippen LogP) is 3.45. The summed E-state index contributed by atoms with van der Waals surface area (Å²) in [6.07, 6.45) is -3.01. The molecule has 2 heterocycles. The molecule has 3 aromatic rings. The van der Waals surface area contributed by atoms with E-state index in [4.69, 9.17) is 15.9 Å². The Morgan fingerprint density at radius 1 is 1.23 bits per heavy atom. The first-order valence-corrected chi connectivity index (χ1v) is 7.59. The van der Waals surface area contributed by atoms with E-state index >= 15 is 0 Å². The molecule has 26 heavy (non-hydrogen) atoms. The van der Waals surface area contributed by atoms with Gasteiger partial charge in [0.05, 0.1) is 17.9 Å². The van der Waals surface area contributed by atoms with Crippen LogP contribution in [0.2, 0.25) is 0 Å². The van der Waals surface area contributed by atoms with Crippen molar-refractivity contribution < 1.29 is 22.4 Å². The number of hydrogen-bond acceptors (Lipinski definition) is 4. The maximum Gasteiger partial charge on any atom is 0.416 e. The average molecular weight is 364 g/mol. The van der Waals surface area contributed by atoms with Gasteiger partial charge < -0.3 is 15.9 Å². The number of hydrogen-bond donors (Lipinski definition) is 2. The van der Waals surface area contributed by atoms with Crippen molar-refractivity contribution >= 4 is 11.7 Å². The number of furan rings is 1. The number of carbonyl (C=O) groups is 1. The molecule has 1 amide bonds. The molecule has 1 aromatic carbocycles. The molecule has 136 valence electrons. The van der Waals surface area contributed by atoms with Gasteiger partial charge in [-0.1, -0.05) is 12.1 Å². The van der Waals surface area contributed by atoms with Crippen LogP contribution in [0.3, 0.4) is 0 Å². The van der Waals surface area contributed by atoms with Gasteiger partial charge in [0.15, 0.2) is 5.76 Å². The molecule has 0 radical (unpaired) electrons. The van der Waals surface area contributed by atoms with Crippen molar-refractivity contribution in [2.45, 2.75) is 19.1 Å². The second kappa shape index (κ2) is 6.25. The van der Waals surface area contributed by atoms with E-state index in [0.717, 1.165) is 12.1 Å². The summed E-state index contributed by atoms with van der Waals surface area (Å²) in [4.78, 5) is 11.8. The second-order valence-electron chi connectivity index (χ2n) is 5.69. The lowest BCUT2D eigenvalue weighted by atomic mass is 10.1. The van der Waals surface area contributed by atoms with Crippen LogP contribution >= 0.6 is 0 Å². The van der Waals surface area contributed by atoms with Gasteiger partial charge in [0.25, 0.3) is 5.91 Å². The zero-order valence-electron chi connectivity index (χ0n) is 13.6. The Morgan fingerprint density at radius 2 is 1.88 bits per heavy atom. The lowest BCUT2D eigenvalue weighted by Crippen LogP contribution is -2.16. The number of nitrogens with two attached hydrogens (primary N) is 2. The Bertz CT molecular complexity index is 928. The van der Waals surface area contributed by atoms with Crippen LogP contribution in [0.15, 0.2) is 47.1 Å². The van der Waals surface area contributed by atoms with E-state index in [0.29, 0.717) is 11.3 Å². The third kappa shape index (κ3) is 3.03. The highest BCUT2D eigenvalue weighted by atomic mass is 19.4. The first kappa shape index (κ1) is 17.6. The Labute approximate surface area is 146 Å². The molecule has 0 spiro atoms. The van der Waals surface area contributed by atoms with Gasteiger partial charge >= 0.3 is 6.18 Å². The minimum Gasteiger partial charge on any atom is -0.463 e. The van der Waals surface area contributed by atoms with Crippen LogP contribution in [0.5, 0.6) is 0 Å². The van der Waals surface area contributed by atoms with Crippen molar-refractivity contribution in [2.24, 2.45) is 5.73 Å². The van der Waals surface area contributed by atoms with Crippen LogP contribution in [0.25, 0.3) is 11.5 Å². The summed E-state index contributed by atoms with van der Waals surface area (Å²) >= 11 is 0. The van der Waals surface area contributed by atoms with E-state index in [1.165, 1.54) is 23.1 Å². The van der Waals surface area contributed by atoms with E-state index in [1.807, 2.05) is 0 Å². The number of halogens is 3. The lowest BCUT2D eigenvalue weighted by molar-refractivity contribution is -0.137. The zero-order valence-corrected chi connectivity index (χ0v) is 13.6. The summed E-state index contributed by atoms with van der Waals surface area (Å²) in [5.74, 6) is -0.458. The number of nitrogens with zero attached hydrogens (tertiary/aromatic N) is 2. The van der Waals surface area contributed by atoms with Gasteiger partial charge in [0.1, 0.15) is 17.1 Å². The Balaban J connectivity index is 2.04. The van der Waals surface area contributed by atoms with Crippen LogP contribution in [0.4, 0.5) is 19.0 Å². The van der Waals surface area contributed by atoms with Gasteiger partial charge in [-0.25, -0.2) is 4.68 Å². The highest BCUT2D eigenvalue weighted by Gasteiger charge is 2.30. The van der Waals surface area contributed by atoms with Crippen molar-refractivity contribution in [3.05, 3.63) is 59.4 Å². The molecule has 2 aromatic heterocycles. The largest absolute Gasteiger partial charge is 0.463 e. The number of anilines is 1. The normalized spacial score (nSPS) is 12.9. The van der Waals surface area contributed by atoms with E-state index in [9.17, 15) is 18.0 Å². The van der Waals surface area contributed by atoms with E-state index in [-0.39, 0.29) is 17.1 Å². The molecule has 1 atom stereocenters. The van der Waals surface area contributed by atoms with Crippen molar-refractivity contribution in [3.63, 3.8) is 0 Å². The fraction of sp³-hybridized carbons (Fsp3) is 0.176. The van der Waals surface area contributed by atoms with Gasteiger partial charge in [-0.2, -0.15) is 18.3 Å². The topological polar surface area (TPSA) is 100 Å². The minimum atomic E-state index is -4.42. The SMILES string of the molecule is CC(c1ccc(C(F)(F)F)cc1)n1nc(-c2ccco2)c(C(N)=O)c1N. The van der Waals surface area contributed by atoms with Gasteiger partial charge in [-0.3, -0.25) is 4.79 Å². The molecule has 4 N–H and O–H groups in total. The van der Waals surface area contributed by atoms with E-state index in [1.54, 1.807) is 19.1 Å². The number of aromatic nitrogens is 2. The third-order valence-corrected chi connectivity index (χ3v) is 4.04. The predicted molar refractivity (Wildman–Crippen MR) is 88.1 cm³/mol. The molecule has 0 saturated heterocycles. The maximum atomic E-state index is 12.7. The molecule has 1 unspecified atom stereocenters. The van der Waals surface area contributed by atoms with Crippen LogP contribution in [0, 0.1) is 0 Å². The summed E-state index contributed by atoms with van der Waals surface area (Å²) in [6.45, 7) is 1.70. The molecular formula is C17H15F3N4O2. The molecule has 3 rings (SSSR count). The van der Waals surface area contributed by atoms with Gasteiger partial charge in [0, 0.05) is 0 Å². The minimum absolute atomic E-state index is 0.00119. The van der Waals surface area contributed by atoms with E-state index < -0.39 is 23.7 Å². The average Bonchev–Trinajstić information content (AvgIpc) is 3.21. The van der Waals surface area contributed by atoms with E-state index in [2.05, 4.69) is 5.10 Å². The number of rotatable bonds is 4. The second-order valence-corrected chi connectivity index (χ2v) is 5.69. The number of amides is 1. The fourth-order valence-corrected chi connectivity index (χ4v) is 2.66. The summed E-state index contributed by atoms with van der Waals surface area (Å²) in [6, 6.07) is 7.33. The van der Waals surface area contributed by atoms with Crippen molar-refractivity contribution in [3.8, 4) is 11.5 Å². The summed E-state index contributed by atoms with van der Waals surface area (Å²) in [7, 11) is 0. The van der Waals surface area contributed by atoms with Gasteiger partial charge in [-0.15, -0.1) is 0 Å². The Kier molecular flexibility index (Phi) is 4.23. The smallest absolute Gasteiger partial charge is 0.416 e. The summed E-state index contributed by atoms with van der Waals surface area (Å²) in [5.41, 5.74) is 11.4. The quantitative estimate of drug-likeness (QED) is 0.740. The van der Waals surface area contributed by atoms with Gasteiger partial charge in [-0.05, 0) is 36.8 Å². The van der Waals surface area contributed by atoms with Crippen molar-refractivity contribution in [2.75, 3.05) is 5.73 Å². The molecule has 0 aliphatic heterocycles. The third-order valence-electron chi connectivity index (χ3n) is 4.04. The summed E-state index contributed by atoms with van der Waals surface area (Å²) < 4.78 is 44.7. The highest BCUT2D eigenvalue weighted by Crippen LogP contribution is 2.33.